The summed E-state index contributed by atoms with van der Waals surface area (Å²) in [4.78, 5) is 1.57. The standard InChI is InChI=1S/C16H18FNOS/c1-3-18-11-12-7-6-8-13(17)16(12)20-15-10-5-4-9-14(15)19-2/h4-10,18H,3,11H2,1-2H3. The molecule has 2 rings (SSSR count). The molecule has 0 heterocycles. The Morgan fingerprint density at radius 2 is 1.95 bits per heavy atom. The van der Waals surface area contributed by atoms with Crippen molar-refractivity contribution in [1.82, 2.24) is 5.32 Å². The van der Waals surface area contributed by atoms with E-state index in [-0.39, 0.29) is 5.82 Å². The van der Waals surface area contributed by atoms with Gasteiger partial charge in [-0.1, -0.05) is 43.0 Å². The Kier molecular flexibility index (Phi) is 5.44. The third-order valence-electron chi connectivity index (χ3n) is 2.90. The van der Waals surface area contributed by atoms with Gasteiger partial charge in [0.25, 0.3) is 0 Å². The number of benzene rings is 2. The lowest BCUT2D eigenvalue weighted by molar-refractivity contribution is 0.405. The SMILES string of the molecule is CCNCc1cccc(F)c1Sc1ccccc1OC. The molecule has 0 aliphatic heterocycles. The Bertz CT molecular complexity index is 574. The molecule has 4 heteroatoms. The molecule has 1 N–H and O–H groups in total. The molecular weight excluding hydrogens is 273 g/mol. The number of hydrogen-bond donors (Lipinski definition) is 1. The molecule has 0 unspecified atom stereocenters. The van der Waals surface area contributed by atoms with Crippen LogP contribution in [0, 0.1) is 5.82 Å². The highest BCUT2D eigenvalue weighted by molar-refractivity contribution is 7.99. The van der Waals surface area contributed by atoms with Crippen LogP contribution in [0.1, 0.15) is 12.5 Å². The number of rotatable bonds is 6. The minimum atomic E-state index is -0.198. The first-order valence-electron chi connectivity index (χ1n) is 6.55. The van der Waals surface area contributed by atoms with Crippen LogP contribution in [0.4, 0.5) is 4.39 Å². The van der Waals surface area contributed by atoms with E-state index in [1.807, 2.05) is 37.3 Å². The summed E-state index contributed by atoms with van der Waals surface area (Å²) < 4.78 is 19.4. The molecule has 0 atom stereocenters. The van der Waals surface area contributed by atoms with Gasteiger partial charge in [-0.25, -0.2) is 4.39 Å². The van der Waals surface area contributed by atoms with Crippen molar-refractivity contribution in [2.75, 3.05) is 13.7 Å². The van der Waals surface area contributed by atoms with Gasteiger partial charge in [0, 0.05) is 6.54 Å². The van der Waals surface area contributed by atoms with E-state index in [0.717, 1.165) is 22.8 Å². The van der Waals surface area contributed by atoms with Gasteiger partial charge in [-0.3, -0.25) is 0 Å². The molecule has 0 aliphatic rings. The van der Waals surface area contributed by atoms with Crippen LogP contribution in [-0.2, 0) is 6.54 Å². The highest BCUT2D eigenvalue weighted by Crippen LogP contribution is 2.37. The summed E-state index contributed by atoms with van der Waals surface area (Å²) in [5, 5.41) is 3.24. The van der Waals surface area contributed by atoms with Crippen LogP contribution >= 0.6 is 11.8 Å². The quantitative estimate of drug-likeness (QED) is 0.866. The molecule has 0 spiro atoms. The molecule has 106 valence electrons. The molecule has 0 radical (unpaired) electrons. The van der Waals surface area contributed by atoms with Crippen molar-refractivity contribution < 1.29 is 9.13 Å². The molecule has 0 bridgehead atoms. The lowest BCUT2D eigenvalue weighted by atomic mass is 10.2. The first-order valence-corrected chi connectivity index (χ1v) is 7.37. The highest BCUT2D eigenvalue weighted by Gasteiger charge is 2.12. The van der Waals surface area contributed by atoms with Crippen molar-refractivity contribution in [3.05, 3.63) is 53.8 Å². The summed E-state index contributed by atoms with van der Waals surface area (Å²) in [7, 11) is 1.63. The fraction of sp³-hybridized carbons (Fsp3) is 0.250. The van der Waals surface area contributed by atoms with Crippen LogP contribution in [0.2, 0.25) is 0 Å². The molecular formula is C16H18FNOS. The summed E-state index contributed by atoms with van der Waals surface area (Å²) in [5.41, 5.74) is 0.961. The Morgan fingerprint density at radius 1 is 1.15 bits per heavy atom. The Labute approximate surface area is 123 Å². The molecule has 0 saturated heterocycles. The van der Waals surface area contributed by atoms with Crippen molar-refractivity contribution in [3.8, 4) is 5.75 Å². The number of para-hydroxylation sites is 1. The zero-order valence-corrected chi connectivity index (χ0v) is 12.5. The van der Waals surface area contributed by atoms with Crippen molar-refractivity contribution in [1.29, 1.82) is 0 Å². The van der Waals surface area contributed by atoms with Crippen molar-refractivity contribution >= 4 is 11.8 Å². The van der Waals surface area contributed by atoms with Gasteiger partial charge in [-0.2, -0.15) is 0 Å². The molecule has 2 aromatic rings. The van der Waals surface area contributed by atoms with Gasteiger partial charge in [0.1, 0.15) is 11.6 Å². The second-order valence-electron chi connectivity index (χ2n) is 4.26. The van der Waals surface area contributed by atoms with Crippen LogP contribution in [-0.4, -0.2) is 13.7 Å². The number of hydrogen-bond acceptors (Lipinski definition) is 3. The summed E-state index contributed by atoms with van der Waals surface area (Å²) in [6.07, 6.45) is 0. The third-order valence-corrected chi connectivity index (χ3v) is 4.11. The first kappa shape index (κ1) is 14.9. The second kappa shape index (κ2) is 7.31. The van der Waals surface area contributed by atoms with Gasteiger partial charge in [0.2, 0.25) is 0 Å². The van der Waals surface area contributed by atoms with E-state index in [4.69, 9.17) is 4.74 Å². The topological polar surface area (TPSA) is 21.3 Å². The van der Waals surface area contributed by atoms with Crippen LogP contribution in [0.25, 0.3) is 0 Å². The van der Waals surface area contributed by atoms with Gasteiger partial charge < -0.3 is 10.1 Å². The molecule has 0 saturated carbocycles. The third kappa shape index (κ3) is 3.52. The minimum absolute atomic E-state index is 0.198. The first-order chi connectivity index (χ1) is 9.76. The number of ether oxygens (including phenoxy) is 1. The van der Waals surface area contributed by atoms with E-state index in [1.54, 1.807) is 13.2 Å². The largest absolute Gasteiger partial charge is 0.496 e. The van der Waals surface area contributed by atoms with Gasteiger partial charge in [-0.05, 0) is 30.3 Å². The number of halogens is 1. The van der Waals surface area contributed by atoms with Gasteiger partial charge in [0.15, 0.2) is 0 Å². The molecule has 2 nitrogen and oxygen atoms in total. The zero-order chi connectivity index (χ0) is 14.4. The fourth-order valence-electron chi connectivity index (χ4n) is 1.88. The fourth-order valence-corrected chi connectivity index (χ4v) is 2.94. The van der Waals surface area contributed by atoms with Crippen LogP contribution < -0.4 is 10.1 Å². The van der Waals surface area contributed by atoms with E-state index >= 15 is 0 Å². The monoisotopic (exact) mass is 291 g/mol. The molecule has 0 amide bonds. The van der Waals surface area contributed by atoms with Crippen LogP contribution in [0.15, 0.2) is 52.3 Å². The van der Waals surface area contributed by atoms with E-state index < -0.39 is 0 Å². The lowest BCUT2D eigenvalue weighted by Crippen LogP contribution is -2.12. The smallest absolute Gasteiger partial charge is 0.137 e. The predicted octanol–water partition coefficient (Wildman–Crippen LogP) is 4.10. The van der Waals surface area contributed by atoms with Gasteiger partial charge in [0.05, 0.1) is 16.9 Å². The van der Waals surface area contributed by atoms with E-state index in [1.165, 1.54) is 17.8 Å². The van der Waals surface area contributed by atoms with Crippen molar-refractivity contribution in [2.24, 2.45) is 0 Å². The summed E-state index contributed by atoms with van der Waals surface area (Å²) >= 11 is 1.40. The molecule has 0 fully saturated rings. The van der Waals surface area contributed by atoms with E-state index in [9.17, 15) is 4.39 Å². The predicted molar refractivity (Wildman–Crippen MR) is 80.9 cm³/mol. The zero-order valence-electron chi connectivity index (χ0n) is 11.7. The molecule has 0 aliphatic carbocycles. The molecule has 2 aromatic carbocycles. The van der Waals surface area contributed by atoms with Crippen LogP contribution in [0.3, 0.4) is 0 Å². The van der Waals surface area contributed by atoms with Gasteiger partial charge >= 0.3 is 0 Å². The minimum Gasteiger partial charge on any atom is -0.496 e. The molecule has 0 aromatic heterocycles. The maximum Gasteiger partial charge on any atom is 0.137 e. The average molecular weight is 291 g/mol. The Morgan fingerprint density at radius 3 is 2.70 bits per heavy atom. The lowest BCUT2D eigenvalue weighted by Gasteiger charge is -2.12. The Balaban J connectivity index is 2.32. The number of methoxy groups -OCH3 is 1. The van der Waals surface area contributed by atoms with Crippen molar-refractivity contribution in [2.45, 2.75) is 23.3 Å². The summed E-state index contributed by atoms with van der Waals surface area (Å²) in [5.74, 6) is 0.562. The Hall–Kier alpha value is -1.52. The van der Waals surface area contributed by atoms with Gasteiger partial charge in [-0.15, -0.1) is 0 Å². The average Bonchev–Trinajstić information content (AvgIpc) is 2.48. The normalized spacial score (nSPS) is 10.6. The van der Waals surface area contributed by atoms with E-state index in [0.29, 0.717) is 11.4 Å². The number of nitrogens with one attached hydrogen (secondary N) is 1. The summed E-state index contributed by atoms with van der Waals surface area (Å²) in [6.45, 7) is 3.55. The van der Waals surface area contributed by atoms with Crippen molar-refractivity contribution in [3.63, 3.8) is 0 Å². The maximum absolute atomic E-state index is 14.1. The molecule has 20 heavy (non-hydrogen) atoms. The highest BCUT2D eigenvalue weighted by atomic mass is 32.2. The van der Waals surface area contributed by atoms with Crippen LogP contribution in [0.5, 0.6) is 5.75 Å². The van der Waals surface area contributed by atoms with E-state index in [2.05, 4.69) is 5.32 Å². The summed E-state index contributed by atoms with van der Waals surface area (Å²) in [6, 6.07) is 12.8. The maximum atomic E-state index is 14.1. The second-order valence-corrected chi connectivity index (χ2v) is 5.31.